The van der Waals surface area contributed by atoms with Crippen LogP contribution in [0.5, 0.6) is 0 Å². The van der Waals surface area contributed by atoms with Crippen LogP contribution in [-0.4, -0.2) is 14.1 Å². The zero-order chi connectivity index (χ0) is 15.8. The van der Waals surface area contributed by atoms with Gasteiger partial charge in [0.25, 0.3) is 0 Å². The number of nitrogens with zero attached hydrogens (tertiary/aromatic N) is 2. The maximum Gasteiger partial charge on any atom is 0.169 e. The summed E-state index contributed by atoms with van der Waals surface area (Å²) in [6.07, 6.45) is 16.5. The molecule has 2 aromatic rings. The summed E-state index contributed by atoms with van der Waals surface area (Å²) < 4.78 is 2.03. The van der Waals surface area contributed by atoms with E-state index in [1.807, 2.05) is 50.3 Å². The number of anilines is 1. The van der Waals surface area contributed by atoms with Crippen LogP contribution >= 0.6 is 0 Å². The first kappa shape index (κ1) is 15.8. The first-order valence-electron chi connectivity index (χ1n) is 7.39. The van der Waals surface area contributed by atoms with Gasteiger partial charge in [0.2, 0.25) is 0 Å². The fourth-order valence-electron chi connectivity index (χ4n) is 1.97. The van der Waals surface area contributed by atoms with Crippen LogP contribution in [0.25, 0.3) is 12.2 Å². The summed E-state index contributed by atoms with van der Waals surface area (Å²) in [5.74, 6) is 0. The molecular formula is C20H23N2+. The zero-order valence-electron chi connectivity index (χ0n) is 13.5. The smallest absolute Gasteiger partial charge is 0.169 e. The van der Waals surface area contributed by atoms with E-state index in [4.69, 9.17) is 0 Å². The van der Waals surface area contributed by atoms with Crippen LogP contribution < -0.4 is 9.47 Å². The molecule has 0 unspecified atom stereocenters. The molecule has 2 nitrogen and oxygen atoms in total. The quantitative estimate of drug-likeness (QED) is 0.599. The topological polar surface area (TPSA) is 7.12 Å². The van der Waals surface area contributed by atoms with Crippen LogP contribution in [0.1, 0.15) is 11.1 Å². The monoisotopic (exact) mass is 291 g/mol. The number of benzene rings is 1. The normalized spacial score (nSPS) is 11.8. The van der Waals surface area contributed by atoms with Crippen LogP contribution in [0.3, 0.4) is 0 Å². The minimum absolute atomic E-state index is 1.20. The Morgan fingerprint density at radius 3 is 1.73 bits per heavy atom. The highest BCUT2D eigenvalue weighted by molar-refractivity contribution is 5.57. The maximum absolute atomic E-state index is 2.12. The number of aryl methyl sites for hydroxylation is 1. The van der Waals surface area contributed by atoms with Crippen LogP contribution in [0.15, 0.2) is 73.1 Å². The molecular weight excluding hydrogens is 268 g/mol. The Labute approximate surface area is 133 Å². The highest BCUT2D eigenvalue weighted by atomic mass is 15.1. The molecule has 0 aliphatic rings. The van der Waals surface area contributed by atoms with Crippen molar-refractivity contribution in [1.82, 2.24) is 0 Å². The summed E-state index contributed by atoms with van der Waals surface area (Å²) in [7, 11) is 6.11. The highest BCUT2D eigenvalue weighted by Crippen LogP contribution is 2.13. The van der Waals surface area contributed by atoms with Gasteiger partial charge in [-0.25, -0.2) is 4.57 Å². The number of aromatic nitrogens is 1. The van der Waals surface area contributed by atoms with Gasteiger partial charge in [-0.2, -0.15) is 0 Å². The van der Waals surface area contributed by atoms with E-state index in [1.54, 1.807) is 0 Å². The third-order valence-corrected chi connectivity index (χ3v) is 3.32. The van der Waals surface area contributed by atoms with Gasteiger partial charge in [0.1, 0.15) is 7.05 Å². The van der Waals surface area contributed by atoms with E-state index in [0.29, 0.717) is 0 Å². The summed E-state index contributed by atoms with van der Waals surface area (Å²) in [6, 6.07) is 12.7. The second kappa shape index (κ2) is 7.99. The summed E-state index contributed by atoms with van der Waals surface area (Å²) in [6.45, 7) is 0. The van der Waals surface area contributed by atoms with Crippen LogP contribution in [-0.2, 0) is 7.05 Å². The second-order valence-corrected chi connectivity index (χ2v) is 5.39. The summed E-state index contributed by atoms with van der Waals surface area (Å²) in [5, 5.41) is 0. The molecule has 0 fully saturated rings. The summed E-state index contributed by atoms with van der Waals surface area (Å²) in [5.41, 5.74) is 3.62. The molecule has 1 aromatic heterocycles. The fraction of sp³-hybridized carbons (Fsp3) is 0.150. The predicted octanol–water partition coefficient (Wildman–Crippen LogP) is 3.86. The largest absolute Gasteiger partial charge is 0.378 e. The van der Waals surface area contributed by atoms with Gasteiger partial charge in [0, 0.05) is 31.9 Å². The molecule has 2 rings (SSSR count). The molecule has 2 heteroatoms. The van der Waals surface area contributed by atoms with Gasteiger partial charge in [0.05, 0.1) is 0 Å². The predicted molar refractivity (Wildman–Crippen MR) is 95.6 cm³/mol. The van der Waals surface area contributed by atoms with Gasteiger partial charge in [-0.3, -0.25) is 0 Å². The van der Waals surface area contributed by atoms with E-state index in [9.17, 15) is 0 Å². The van der Waals surface area contributed by atoms with Gasteiger partial charge in [0.15, 0.2) is 12.4 Å². The molecule has 0 bridgehead atoms. The number of hydrogen-bond acceptors (Lipinski definition) is 1. The lowest BCUT2D eigenvalue weighted by atomic mass is 10.2. The minimum atomic E-state index is 1.20. The number of hydrogen-bond donors (Lipinski definition) is 0. The van der Waals surface area contributed by atoms with Crippen molar-refractivity contribution < 1.29 is 4.57 Å². The van der Waals surface area contributed by atoms with Crippen molar-refractivity contribution in [2.24, 2.45) is 7.05 Å². The van der Waals surface area contributed by atoms with E-state index in [1.165, 1.54) is 16.8 Å². The zero-order valence-corrected chi connectivity index (χ0v) is 13.5. The molecule has 0 atom stereocenters. The molecule has 0 spiro atoms. The Kier molecular flexibility index (Phi) is 5.73. The Morgan fingerprint density at radius 2 is 1.23 bits per heavy atom. The molecule has 0 aliphatic carbocycles. The molecule has 0 saturated heterocycles. The summed E-state index contributed by atoms with van der Waals surface area (Å²) in [4.78, 5) is 2.10. The van der Waals surface area contributed by atoms with Crippen LogP contribution in [0, 0.1) is 0 Å². The lowest BCUT2D eigenvalue weighted by Crippen LogP contribution is -2.25. The lowest BCUT2D eigenvalue weighted by Gasteiger charge is -2.11. The van der Waals surface area contributed by atoms with Crippen LogP contribution in [0.4, 0.5) is 5.69 Å². The standard InChI is InChI=1S/C20H23N2/c1-21(2)20-12-10-18(11-13-20)8-6-4-5-7-9-19-14-16-22(3)17-15-19/h4-17H,1-3H3/q+1. The number of rotatable bonds is 5. The van der Waals surface area contributed by atoms with E-state index in [0.717, 1.165) is 0 Å². The first-order chi connectivity index (χ1) is 10.6. The SMILES string of the molecule is CN(C)c1ccc(/C=C/C=C/C=C/c2cc[n+](C)cc2)cc1. The molecule has 0 aliphatic heterocycles. The first-order valence-corrected chi connectivity index (χ1v) is 7.39. The molecule has 0 saturated carbocycles. The maximum atomic E-state index is 2.12. The van der Waals surface area contributed by atoms with Gasteiger partial charge in [-0.15, -0.1) is 0 Å². The molecule has 0 amide bonds. The Bertz CT molecular complexity index is 660. The van der Waals surface area contributed by atoms with Gasteiger partial charge < -0.3 is 4.90 Å². The van der Waals surface area contributed by atoms with Crippen LogP contribution in [0.2, 0.25) is 0 Å². The van der Waals surface area contributed by atoms with E-state index >= 15 is 0 Å². The van der Waals surface area contributed by atoms with Crippen molar-refractivity contribution in [3.05, 3.63) is 84.2 Å². The van der Waals surface area contributed by atoms with E-state index in [-0.39, 0.29) is 0 Å². The van der Waals surface area contributed by atoms with Gasteiger partial charge in [-0.1, -0.05) is 48.6 Å². The average molecular weight is 291 g/mol. The molecule has 0 N–H and O–H groups in total. The minimum Gasteiger partial charge on any atom is -0.378 e. The molecule has 112 valence electrons. The third kappa shape index (κ3) is 5.06. The number of pyridine rings is 1. The number of allylic oxidation sites excluding steroid dienone is 4. The van der Waals surface area contributed by atoms with Crippen molar-refractivity contribution in [3.63, 3.8) is 0 Å². The van der Waals surface area contributed by atoms with Crippen molar-refractivity contribution in [3.8, 4) is 0 Å². The Morgan fingerprint density at radius 1 is 0.727 bits per heavy atom. The van der Waals surface area contributed by atoms with Crippen molar-refractivity contribution in [2.75, 3.05) is 19.0 Å². The van der Waals surface area contributed by atoms with Crippen molar-refractivity contribution >= 4 is 17.8 Å². The van der Waals surface area contributed by atoms with Gasteiger partial charge in [-0.05, 0) is 23.3 Å². The van der Waals surface area contributed by atoms with E-state index in [2.05, 4.69) is 65.6 Å². The molecule has 22 heavy (non-hydrogen) atoms. The lowest BCUT2D eigenvalue weighted by molar-refractivity contribution is -0.671. The second-order valence-electron chi connectivity index (χ2n) is 5.39. The summed E-state index contributed by atoms with van der Waals surface area (Å²) >= 11 is 0. The van der Waals surface area contributed by atoms with E-state index < -0.39 is 0 Å². The average Bonchev–Trinajstić information content (AvgIpc) is 2.53. The van der Waals surface area contributed by atoms with Gasteiger partial charge >= 0.3 is 0 Å². The van der Waals surface area contributed by atoms with Crippen molar-refractivity contribution in [2.45, 2.75) is 0 Å². The fourth-order valence-corrected chi connectivity index (χ4v) is 1.97. The highest BCUT2D eigenvalue weighted by Gasteiger charge is 1.92. The Balaban J connectivity index is 1.87. The Hall–Kier alpha value is -2.61. The molecule has 0 radical (unpaired) electrons. The molecule has 1 aromatic carbocycles. The third-order valence-electron chi connectivity index (χ3n) is 3.32. The molecule has 1 heterocycles. The van der Waals surface area contributed by atoms with Crippen molar-refractivity contribution in [1.29, 1.82) is 0 Å².